The molecular formula is C45H44N6O7S2. The van der Waals surface area contributed by atoms with Crippen LogP contribution in [-0.4, -0.2) is 102 Å². The van der Waals surface area contributed by atoms with Crippen molar-refractivity contribution in [1.82, 2.24) is 19.8 Å². The lowest BCUT2D eigenvalue weighted by Gasteiger charge is -2.26. The van der Waals surface area contributed by atoms with Crippen molar-refractivity contribution in [3.05, 3.63) is 112 Å². The first kappa shape index (κ1) is 39.8. The fourth-order valence-corrected chi connectivity index (χ4v) is 9.05. The molecule has 2 aliphatic heterocycles. The third kappa shape index (κ3) is 9.21. The molecule has 2 saturated heterocycles. The average Bonchev–Trinajstić information content (AvgIpc) is 3.99. The number of aryl methyl sites for hydroxylation is 1. The summed E-state index contributed by atoms with van der Waals surface area (Å²) in [5, 5.41) is 34.9. The lowest BCUT2D eigenvalue weighted by molar-refractivity contribution is 0.0322. The van der Waals surface area contributed by atoms with Crippen molar-refractivity contribution in [2.75, 3.05) is 72.3 Å². The van der Waals surface area contributed by atoms with Crippen LogP contribution in [0.25, 0.3) is 65.0 Å². The maximum absolute atomic E-state index is 9.63. The van der Waals surface area contributed by atoms with Crippen LogP contribution in [0.3, 0.4) is 0 Å². The zero-order valence-electron chi connectivity index (χ0n) is 32.9. The number of nitrogens with zero attached hydrogens (tertiary/aromatic N) is 6. The van der Waals surface area contributed by atoms with Crippen molar-refractivity contribution in [1.29, 1.82) is 0 Å². The first-order valence-corrected chi connectivity index (χ1v) is 21.8. The van der Waals surface area contributed by atoms with E-state index in [-0.39, 0.29) is 0 Å². The minimum Gasteiger partial charge on any atom is -0.492 e. The highest BCUT2D eigenvalue weighted by atomic mass is 32.1. The fourth-order valence-electron chi connectivity index (χ4n) is 7.46. The predicted molar refractivity (Wildman–Crippen MR) is 233 cm³/mol. The van der Waals surface area contributed by atoms with Crippen LogP contribution in [0, 0.1) is 0 Å². The quantitative estimate of drug-likeness (QED) is 0.102. The Balaban J connectivity index is 0.000000154. The van der Waals surface area contributed by atoms with Crippen molar-refractivity contribution in [2.24, 2.45) is 10.3 Å². The SMILES string of the molecule is O/N=c1/cc(-c2cc3sccc3cn2)oc2ccc(CCCN3CCOCC3)cc12.O/N=c1/cc(-c2cc3sccc3cn2)oc2ccc(OCCN3CCOCC3)cc12. The lowest BCUT2D eigenvalue weighted by atomic mass is 10.1. The topological polar surface area (TPSA) is 151 Å². The number of thiophene rings is 2. The molecule has 0 spiro atoms. The zero-order valence-corrected chi connectivity index (χ0v) is 34.5. The Labute approximate surface area is 353 Å². The van der Waals surface area contributed by atoms with E-state index in [0.717, 1.165) is 110 Å². The second-order valence-corrected chi connectivity index (χ2v) is 16.5. The summed E-state index contributed by atoms with van der Waals surface area (Å²) >= 11 is 3.31. The van der Waals surface area contributed by atoms with Gasteiger partial charge >= 0.3 is 0 Å². The van der Waals surface area contributed by atoms with Gasteiger partial charge in [0.25, 0.3) is 0 Å². The predicted octanol–water partition coefficient (Wildman–Crippen LogP) is 7.97. The normalized spacial score (nSPS) is 15.9. The third-order valence-corrected chi connectivity index (χ3v) is 12.5. The fraction of sp³-hybridized carbons (Fsp3) is 0.289. The van der Waals surface area contributed by atoms with E-state index in [2.05, 4.69) is 42.2 Å². The number of benzene rings is 2. The van der Waals surface area contributed by atoms with Gasteiger partial charge in [-0.2, -0.15) is 0 Å². The monoisotopic (exact) mass is 844 g/mol. The summed E-state index contributed by atoms with van der Waals surface area (Å²) in [5.41, 5.74) is 3.93. The molecule has 8 aromatic rings. The molecule has 0 atom stereocenters. The molecule has 10 rings (SSSR count). The first-order chi connectivity index (χ1) is 29.6. The minimum absolute atomic E-state index is 0.415. The van der Waals surface area contributed by atoms with Crippen molar-refractivity contribution < 1.29 is 33.5 Å². The van der Waals surface area contributed by atoms with Crippen LogP contribution in [-0.2, 0) is 15.9 Å². The molecular weight excluding hydrogens is 801 g/mol. The van der Waals surface area contributed by atoms with E-state index in [0.29, 0.717) is 56.8 Å². The van der Waals surface area contributed by atoms with E-state index >= 15 is 0 Å². The molecule has 0 amide bonds. The van der Waals surface area contributed by atoms with E-state index in [1.807, 2.05) is 71.7 Å². The van der Waals surface area contributed by atoms with Gasteiger partial charge < -0.3 is 33.5 Å². The molecule has 2 N–H and O–H groups in total. The summed E-state index contributed by atoms with van der Waals surface area (Å²) in [5.74, 6) is 1.85. The summed E-state index contributed by atoms with van der Waals surface area (Å²) in [6.07, 6.45) is 5.71. The van der Waals surface area contributed by atoms with Gasteiger partial charge in [0, 0.05) is 82.8 Å². The molecule has 13 nitrogen and oxygen atoms in total. The van der Waals surface area contributed by atoms with E-state index in [1.54, 1.807) is 34.8 Å². The van der Waals surface area contributed by atoms with E-state index < -0.39 is 0 Å². The summed E-state index contributed by atoms with van der Waals surface area (Å²) in [6, 6.07) is 23.2. The van der Waals surface area contributed by atoms with E-state index in [9.17, 15) is 10.4 Å². The van der Waals surface area contributed by atoms with Gasteiger partial charge in [0.15, 0.2) is 11.5 Å². The van der Waals surface area contributed by atoms with Crippen molar-refractivity contribution >= 4 is 64.8 Å². The second kappa shape index (κ2) is 18.7. The molecule has 8 heterocycles. The smallest absolute Gasteiger partial charge is 0.155 e. The zero-order chi connectivity index (χ0) is 40.7. The summed E-state index contributed by atoms with van der Waals surface area (Å²) < 4.78 is 31.1. The standard InChI is InChI=1S/C23H23N3O3S.C22H21N3O4S/c27-25-19-13-22(20-14-23-17(15-24-20)5-11-30-23)29-21-4-3-16(12-18(19)21)2-1-6-26-7-9-28-10-8-26;26-24-18-12-21(19-13-22-15(14-23-19)3-10-30-22)29-20-2-1-16(11-17(18)20)28-9-6-25-4-7-27-8-5-25/h3-5,11-15,27H,1-2,6-10H2;1-3,10-14,26H,4-9H2/b25-19-;24-18-. The van der Waals surface area contributed by atoms with Crippen LogP contribution in [0.15, 0.2) is 115 Å². The molecule has 0 radical (unpaired) electrons. The largest absolute Gasteiger partial charge is 0.492 e. The third-order valence-electron chi connectivity index (χ3n) is 10.7. The maximum atomic E-state index is 9.63. The van der Waals surface area contributed by atoms with E-state index in [4.69, 9.17) is 23.0 Å². The Bertz CT molecular complexity index is 2680. The van der Waals surface area contributed by atoms with Crippen LogP contribution in [0.5, 0.6) is 5.75 Å². The molecule has 6 aromatic heterocycles. The second-order valence-electron chi connectivity index (χ2n) is 14.6. The summed E-state index contributed by atoms with van der Waals surface area (Å²) in [6.45, 7) is 9.59. The van der Waals surface area contributed by atoms with Crippen LogP contribution in [0.2, 0.25) is 0 Å². The molecule has 0 saturated carbocycles. The van der Waals surface area contributed by atoms with Gasteiger partial charge in [-0.1, -0.05) is 16.4 Å². The number of hydrogen-bond acceptors (Lipinski definition) is 15. The molecule has 0 unspecified atom stereocenters. The first-order valence-electron chi connectivity index (χ1n) is 20.0. The van der Waals surface area contributed by atoms with Crippen LogP contribution >= 0.6 is 22.7 Å². The number of pyridine rings is 2. The minimum atomic E-state index is 0.415. The summed E-state index contributed by atoms with van der Waals surface area (Å²) in [7, 11) is 0. The Morgan fingerprint density at radius 2 is 1.18 bits per heavy atom. The Morgan fingerprint density at radius 1 is 0.633 bits per heavy atom. The van der Waals surface area contributed by atoms with E-state index in [1.165, 1.54) is 5.56 Å². The number of rotatable bonds is 10. The van der Waals surface area contributed by atoms with Gasteiger partial charge in [-0.15, -0.1) is 22.7 Å². The molecule has 2 aromatic carbocycles. The lowest BCUT2D eigenvalue weighted by Crippen LogP contribution is -2.38. The molecule has 2 aliphatic rings. The Hall–Kier alpha value is -5.68. The van der Waals surface area contributed by atoms with Gasteiger partial charge in [-0.25, -0.2) is 0 Å². The van der Waals surface area contributed by atoms with Crippen molar-refractivity contribution in [3.8, 4) is 28.7 Å². The number of morpholine rings is 2. The van der Waals surface area contributed by atoms with Gasteiger partial charge in [0.2, 0.25) is 0 Å². The van der Waals surface area contributed by atoms with Crippen LogP contribution in [0.1, 0.15) is 12.0 Å². The average molecular weight is 845 g/mol. The van der Waals surface area contributed by atoms with Gasteiger partial charge in [-0.05, 0) is 90.3 Å². The van der Waals surface area contributed by atoms with Gasteiger partial charge in [-0.3, -0.25) is 19.8 Å². The molecule has 0 bridgehead atoms. The Morgan fingerprint density at radius 3 is 1.77 bits per heavy atom. The molecule has 60 heavy (non-hydrogen) atoms. The maximum Gasteiger partial charge on any atom is 0.155 e. The number of ether oxygens (including phenoxy) is 3. The molecule has 15 heteroatoms. The summed E-state index contributed by atoms with van der Waals surface area (Å²) in [4.78, 5) is 13.8. The van der Waals surface area contributed by atoms with Crippen molar-refractivity contribution in [2.45, 2.75) is 12.8 Å². The van der Waals surface area contributed by atoms with Gasteiger partial charge in [0.05, 0.1) is 31.8 Å². The highest BCUT2D eigenvalue weighted by Gasteiger charge is 2.14. The molecule has 0 aliphatic carbocycles. The number of hydrogen-bond donors (Lipinski definition) is 2. The van der Waals surface area contributed by atoms with Crippen LogP contribution < -0.4 is 15.5 Å². The molecule has 308 valence electrons. The van der Waals surface area contributed by atoms with Crippen molar-refractivity contribution in [3.63, 3.8) is 0 Å². The molecule has 2 fully saturated rings. The van der Waals surface area contributed by atoms with Crippen LogP contribution in [0.4, 0.5) is 0 Å². The van der Waals surface area contributed by atoms with Gasteiger partial charge in [0.1, 0.15) is 45.6 Å². The number of aromatic nitrogens is 2. The number of fused-ring (bicyclic) bond motifs is 4. The Kier molecular flexibility index (Phi) is 12.4. The highest BCUT2D eigenvalue weighted by Crippen LogP contribution is 2.29. The highest BCUT2D eigenvalue weighted by molar-refractivity contribution is 7.17.